The summed E-state index contributed by atoms with van der Waals surface area (Å²) >= 11 is 0. The van der Waals surface area contributed by atoms with Gasteiger partial charge in [0.15, 0.2) is 6.61 Å². The molecular formula is C29H38N6O7. The number of unbranched alkanes of at least 4 members (excludes halogenated alkanes) is 1. The second-order valence-corrected chi connectivity index (χ2v) is 10.5. The number of aryl methyl sites for hydroxylation is 1. The number of benzene rings is 1. The molecule has 42 heavy (non-hydrogen) atoms. The van der Waals surface area contributed by atoms with E-state index in [0.29, 0.717) is 62.5 Å². The number of aromatic nitrogens is 1. The minimum Gasteiger partial charge on any atom is -0.483 e. The van der Waals surface area contributed by atoms with Gasteiger partial charge in [-0.2, -0.15) is 0 Å². The number of nitrogens with zero attached hydrogens (tertiary/aromatic N) is 5. The lowest BCUT2D eigenvalue weighted by Gasteiger charge is -2.34. The van der Waals surface area contributed by atoms with Crippen molar-refractivity contribution in [3.8, 4) is 5.75 Å². The highest BCUT2D eigenvalue weighted by Crippen LogP contribution is 2.27. The lowest BCUT2D eigenvalue weighted by atomic mass is 10.1. The molecule has 0 saturated carbocycles. The number of carbonyl (C=O) groups excluding carboxylic acids is 5. The molecule has 226 valence electrons. The highest BCUT2D eigenvalue weighted by atomic mass is 16.6. The van der Waals surface area contributed by atoms with Gasteiger partial charge in [-0.25, -0.2) is 9.78 Å². The van der Waals surface area contributed by atoms with Crippen molar-refractivity contribution in [3.05, 3.63) is 35.5 Å². The number of piperazine rings is 2. The van der Waals surface area contributed by atoms with Crippen LogP contribution in [0.25, 0.3) is 10.9 Å². The summed E-state index contributed by atoms with van der Waals surface area (Å²) in [6.07, 6.45) is 1.36. The van der Waals surface area contributed by atoms with E-state index in [2.05, 4.69) is 10.3 Å². The summed E-state index contributed by atoms with van der Waals surface area (Å²) in [4.78, 5) is 73.4. The zero-order chi connectivity index (χ0) is 30.2. The number of amides is 5. The third-order valence-electron chi connectivity index (χ3n) is 7.34. The van der Waals surface area contributed by atoms with Gasteiger partial charge in [0.1, 0.15) is 11.4 Å². The molecule has 5 amide bonds. The molecule has 13 nitrogen and oxygen atoms in total. The molecular weight excluding hydrogens is 544 g/mol. The molecule has 2 aromatic rings. The molecule has 1 aromatic carbocycles. The lowest BCUT2D eigenvalue weighted by Crippen LogP contribution is -2.52. The summed E-state index contributed by atoms with van der Waals surface area (Å²) in [5.41, 5.74) is 1.47. The molecule has 13 heteroatoms. The van der Waals surface area contributed by atoms with E-state index in [1.807, 2.05) is 19.9 Å². The van der Waals surface area contributed by atoms with Crippen molar-refractivity contribution in [1.82, 2.24) is 29.9 Å². The Balaban J connectivity index is 1.35. The molecule has 0 bridgehead atoms. The van der Waals surface area contributed by atoms with Crippen LogP contribution in [0, 0.1) is 6.92 Å². The fraction of sp³-hybridized carbons (Fsp3) is 0.517. The second kappa shape index (κ2) is 14.0. The first kappa shape index (κ1) is 30.5. The van der Waals surface area contributed by atoms with Gasteiger partial charge in [-0.15, -0.1) is 0 Å². The molecule has 2 fully saturated rings. The van der Waals surface area contributed by atoms with E-state index in [1.54, 1.807) is 33.9 Å². The SMILES string of the molecule is CCCCOC(=O)N1CCN(C(=O)CNC(=O)c2cc(OCC(=O)N3CCN(C)C(=O)C3)c3ccc(C)cc3n2)CC1. The quantitative estimate of drug-likeness (QED) is 0.433. The van der Waals surface area contributed by atoms with Crippen molar-refractivity contribution in [2.75, 3.05) is 72.6 Å². The van der Waals surface area contributed by atoms with Crippen molar-refractivity contribution in [2.24, 2.45) is 0 Å². The van der Waals surface area contributed by atoms with Crippen LogP contribution >= 0.6 is 0 Å². The fourth-order valence-corrected chi connectivity index (χ4v) is 4.64. The Morgan fingerprint density at radius 3 is 2.38 bits per heavy atom. The Hall–Kier alpha value is -4.42. The Morgan fingerprint density at radius 1 is 0.952 bits per heavy atom. The Kier molecular flexibility index (Phi) is 10.2. The van der Waals surface area contributed by atoms with Crippen LogP contribution < -0.4 is 10.1 Å². The van der Waals surface area contributed by atoms with E-state index >= 15 is 0 Å². The maximum atomic E-state index is 13.0. The van der Waals surface area contributed by atoms with Crippen LogP contribution in [0.3, 0.4) is 0 Å². The van der Waals surface area contributed by atoms with E-state index in [9.17, 15) is 24.0 Å². The molecule has 1 aromatic heterocycles. The van der Waals surface area contributed by atoms with E-state index in [1.165, 1.54) is 11.0 Å². The topological polar surface area (TPSA) is 142 Å². The number of hydrogen-bond donors (Lipinski definition) is 1. The molecule has 1 N–H and O–H groups in total. The summed E-state index contributed by atoms with van der Waals surface area (Å²) in [5, 5.41) is 3.25. The molecule has 3 heterocycles. The first-order chi connectivity index (χ1) is 20.2. The Bertz CT molecular complexity index is 1340. The molecule has 2 aliphatic heterocycles. The molecule has 0 spiro atoms. The number of fused-ring (bicyclic) bond motifs is 1. The maximum Gasteiger partial charge on any atom is 0.409 e. The number of hydrogen-bond acceptors (Lipinski definition) is 8. The van der Waals surface area contributed by atoms with Crippen molar-refractivity contribution in [3.63, 3.8) is 0 Å². The smallest absolute Gasteiger partial charge is 0.409 e. The van der Waals surface area contributed by atoms with Crippen LogP contribution in [-0.4, -0.2) is 127 Å². The minimum absolute atomic E-state index is 0.00520. The van der Waals surface area contributed by atoms with Crippen LogP contribution in [0.15, 0.2) is 24.3 Å². The summed E-state index contributed by atoms with van der Waals surface area (Å²) < 4.78 is 11.1. The first-order valence-corrected chi connectivity index (χ1v) is 14.2. The average molecular weight is 583 g/mol. The van der Waals surface area contributed by atoms with Crippen molar-refractivity contribution in [2.45, 2.75) is 26.7 Å². The van der Waals surface area contributed by atoms with Crippen LogP contribution in [-0.2, 0) is 19.1 Å². The number of pyridine rings is 1. The van der Waals surface area contributed by atoms with Crippen molar-refractivity contribution >= 4 is 40.6 Å². The van der Waals surface area contributed by atoms with E-state index < -0.39 is 5.91 Å². The second-order valence-electron chi connectivity index (χ2n) is 10.5. The predicted octanol–water partition coefficient (Wildman–Crippen LogP) is 1.03. The lowest BCUT2D eigenvalue weighted by molar-refractivity contribution is -0.145. The molecule has 2 aliphatic rings. The van der Waals surface area contributed by atoms with Gasteiger partial charge in [0, 0.05) is 57.8 Å². The number of ether oxygens (including phenoxy) is 2. The van der Waals surface area contributed by atoms with Gasteiger partial charge in [0.25, 0.3) is 11.8 Å². The zero-order valence-electron chi connectivity index (χ0n) is 24.4. The van der Waals surface area contributed by atoms with Gasteiger partial charge in [-0.05, 0) is 31.0 Å². The largest absolute Gasteiger partial charge is 0.483 e. The van der Waals surface area contributed by atoms with Gasteiger partial charge in [-0.1, -0.05) is 19.4 Å². The van der Waals surface area contributed by atoms with Crippen LogP contribution in [0.4, 0.5) is 4.79 Å². The summed E-state index contributed by atoms with van der Waals surface area (Å²) in [6.45, 7) is 6.02. The zero-order valence-corrected chi connectivity index (χ0v) is 24.4. The summed E-state index contributed by atoms with van der Waals surface area (Å²) in [7, 11) is 1.69. The van der Waals surface area contributed by atoms with Gasteiger partial charge in [0.05, 0.1) is 25.2 Å². The van der Waals surface area contributed by atoms with E-state index in [-0.39, 0.29) is 49.2 Å². The normalized spacial score (nSPS) is 15.5. The fourth-order valence-electron chi connectivity index (χ4n) is 4.64. The van der Waals surface area contributed by atoms with Crippen LogP contribution in [0.2, 0.25) is 0 Å². The van der Waals surface area contributed by atoms with Crippen LogP contribution in [0.1, 0.15) is 35.8 Å². The number of nitrogens with one attached hydrogen (secondary N) is 1. The number of carbonyl (C=O) groups is 5. The predicted molar refractivity (Wildman–Crippen MR) is 153 cm³/mol. The van der Waals surface area contributed by atoms with Crippen LogP contribution in [0.5, 0.6) is 5.75 Å². The summed E-state index contributed by atoms with van der Waals surface area (Å²) in [6, 6.07) is 6.93. The van der Waals surface area contributed by atoms with Crippen molar-refractivity contribution < 1.29 is 33.4 Å². The molecule has 0 aliphatic carbocycles. The average Bonchev–Trinajstić information content (AvgIpc) is 2.99. The first-order valence-electron chi connectivity index (χ1n) is 14.2. The Morgan fingerprint density at radius 2 is 1.67 bits per heavy atom. The Labute approximate surface area is 244 Å². The highest BCUT2D eigenvalue weighted by molar-refractivity contribution is 5.99. The van der Waals surface area contributed by atoms with Gasteiger partial charge in [0.2, 0.25) is 11.8 Å². The summed E-state index contributed by atoms with van der Waals surface area (Å²) in [5.74, 6) is -1.01. The third kappa shape index (κ3) is 7.65. The van der Waals surface area contributed by atoms with E-state index in [4.69, 9.17) is 9.47 Å². The monoisotopic (exact) mass is 582 g/mol. The van der Waals surface area contributed by atoms with Gasteiger partial charge >= 0.3 is 6.09 Å². The molecule has 0 atom stereocenters. The van der Waals surface area contributed by atoms with Gasteiger partial charge in [-0.3, -0.25) is 19.2 Å². The third-order valence-corrected chi connectivity index (χ3v) is 7.34. The van der Waals surface area contributed by atoms with E-state index in [0.717, 1.165) is 18.4 Å². The molecule has 0 unspecified atom stereocenters. The number of likely N-dealkylation sites (N-methyl/N-ethyl adjacent to an activating group) is 1. The highest BCUT2D eigenvalue weighted by Gasteiger charge is 2.27. The van der Waals surface area contributed by atoms with Crippen molar-refractivity contribution in [1.29, 1.82) is 0 Å². The number of rotatable bonds is 9. The molecule has 2 saturated heterocycles. The molecule has 4 rings (SSSR count). The van der Waals surface area contributed by atoms with Gasteiger partial charge < -0.3 is 34.4 Å². The molecule has 0 radical (unpaired) electrons. The minimum atomic E-state index is -0.564. The standard InChI is InChI=1S/C29H38N6O7/c1-4-5-14-41-29(40)34-12-10-33(11-13-34)25(36)17-30-28(39)23-16-24(21-7-6-20(2)15-22(21)31-23)42-19-27(38)35-9-8-32(3)26(37)18-35/h6-7,15-16H,4-5,8-14,17-19H2,1-3H3,(H,30,39). The maximum absolute atomic E-state index is 13.0.